The molecule has 5 aromatic rings. The van der Waals surface area contributed by atoms with E-state index in [0.29, 0.717) is 37.1 Å². The van der Waals surface area contributed by atoms with Gasteiger partial charge in [0.2, 0.25) is 5.75 Å². The summed E-state index contributed by atoms with van der Waals surface area (Å²) in [7, 11) is 0. The second-order valence-corrected chi connectivity index (χ2v) is 9.60. The van der Waals surface area contributed by atoms with Gasteiger partial charge < -0.3 is 18.9 Å². The molecule has 0 aromatic heterocycles. The molecule has 0 spiro atoms. The van der Waals surface area contributed by atoms with Crippen molar-refractivity contribution in [3.05, 3.63) is 161 Å². The number of fused-ring (bicyclic) bond motifs is 1. The fourth-order valence-electron chi connectivity index (χ4n) is 4.59. The highest BCUT2D eigenvalue weighted by Gasteiger charge is 2.23. The molecule has 1 heterocycles. The first-order chi connectivity index (χ1) is 19.8. The lowest BCUT2D eigenvalue weighted by atomic mass is 10.0. The second-order valence-electron chi connectivity index (χ2n) is 9.60. The van der Waals surface area contributed by atoms with E-state index >= 15 is 0 Å². The molecule has 0 fully saturated rings. The fourth-order valence-corrected chi connectivity index (χ4v) is 4.59. The minimum atomic E-state index is -0.295. The fraction of sp³-hybridized carbons (Fsp3) is 0.111. The van der Waals surface area contributed by atoms with Gasteiger partial charge in [0.1, 0.15) is 31.7 Å². The van der Waals surface area contributed by atoms with Crippen LogP contribution >= 0.6 is 0 Å². The molecule has 4 nitrogen and oxygen atoms in total. The highest BCUT2D eigenvalue weighted by atomic mass is 16.5. The van der Waals surface area contributed by atoms with Gasteiger partial charge in [-0.15, -0.1) is 0 Å². The van der Waals surface area contributed by atoms with Gasteiger partial charge in [-0.05, 0) is 41.0 Å². The van der Waals surface area contributed by atoms with Gasteiger partial charge in [0.05, 0.1) is 0 Å². The van der Waals surface area contributed by atoms with Crippen LogP contribution in [0.4, 0.5) is 0 Å². The number of ether oxygens (including phenoxy) is 4. The molecule has 198 valence electrons. The summed E-state index contributed by atoms with van der Waals surface area (Å²) in [4.78, 5) is 0. The van der Waals surface area contributed by atoms with Crippen LogP contribution in [0.1, 0.15) is 33.9 Å². The lowest BCUT2D eigenvalue weighted by Crippen LogP contribution is -2.11. The van der Waals surface area contributed by atoms with Gasteiger partial charge in [0, 0.05) is 11.1 Å². The minimum Gasteiger partial charge on any atom is -0.485 e. The van der Waals surface area contributed by atoms with E-state index in [4.69, 9.17) is 18.9 Å². The first kappa shape index (κ1) is 25.3. The van der Waals surface area contributed by atoms with E-state index < -0.39 is 0 Å². The SMILES string of the molecule is C1=CC(c2cc(OCc3ccccc3)c(OCc3ccccc3)c(OCc3ccccc3)c2)Oc2ccccc21. The van der Waals surface area contributed by atoms with Crippen molar-refractivity contribution in [2.45, 2.75) is 25.9 Å². The van der Waals surface area contributed by atoms with E-state index in [1.165, 1.54) is 0 Å². The van der Waals surface area contributed by atoms with Crippen LogP contribution in [0, 0.1) is 0 Å². The van der Waals surface area contributed by atoms with Crippen LogP contribution in [0.3, 0.4) is 0 Å². The normalized spacial score (nSPS) is 13.7. The van der Waals surface area contributed by atoms with E-state index in [0.717, 1.165) is 33.6 Å². The molecule has 6 rings (SSSR count). The summed E-state index contributed by atoms with van der Waals surface area (Å²) in [6, 6.07) is 42.3. The third-order valence-electron chi connectivity index (χ3n) is 6.70. The highest BCUT2D eigenvalue weighted by molar-refractivity contribution is 5.62. The smallest absolute Gasteiger partial charge is 0.203 e. The standard InChI is InChI=1S/C36H30O4/c1-4-12-27(13-5-1)24-37-34-22-31(33-21-20-30-18-10-11-19-32(30)40-33)23-35(38-25-28-14-6-2-7-15-28)36(34)39-26-29-16-8-3-9-17-29/h1-23,33H,24-26H2. The molecule has 0 aliphatic carbocycles. The zero-order valence-electron chi connectivity index (χ0n) is 22.1. The molecule has 0 amide bonds. The van der Waals surface area contributed by atoms with Crippen molar-refractivity contribution in [3.8, 4) is 23.0 Å². The van der Waals surface area contributed by atoms with Crippen molar-refractivity contribution in [1.82, 2.24) is 0 Å². The quantitative estimate of drug-likeness (QED) is 0.183. The van der Waals surface area contributed by atoms with Crippen LogP contribution in [-0.2, 0) is 19.8 Å². The molecule has 0 bridgehead atoms. The first-order valence-corrected chi connectivity index (χ1v) is 13.4. The summed E-state index contributed by atoms with van der Waals surface area (Å²) in [5.74, 6) is 2.63. The van der Waals surface area contributed by atoms with Gasteiger partial charge in [-0.3, -0.25) is 0 Å². The van der Waals surface area contributed by atoms with Crippen molar-refractivity contribution in [3.63, 3.8) is 0 Å². The molecule has 5 aromatic carbocycles. The number of benzene rings is 5. The Morgan fingerprint density at radius 3 is 1.55 bits per heavy atom. The van der Waals surface area contributed by atoms with Gasteiger partial charge >= 0.3 is 0 Å². The summed E-state index contributed by atoms with van der Waals surface area (Å²) < 4.78 is 25.6. The predicted molar refractivity (Wildman–Crippen MR) is 158 cm³/mol. The van der Waals surface area contributed by atoms with Crippen LogP contribution in [0.15, 0.2) is 133 Å². The van der Waals surface area contributed by atoms with Gasteiger partial charge in [0.25, 0.3) is 0 Å². The molecule has 40 heavy (non-hydrogen) atoms. The van der Waals surface area contributed by atoms with Gasteiger partial charge in [0.15, 0.2) is 11.5 Å². The molecule has 1 atom stereocenters. The molecule has 0 radical (unpaired) electrons. The average molecular weight is 527 g/mol. The van der Waals surface area contributed by atoms with E-state index in [1.807, 2.05) is 127 Å². The maximum Gasteiger partial charge on any atom is 0.203 e. The van der Waals surface area contributed by atoms with Crippen LogP contribution in [0.2, 0.25) is 0 Å². The number of hydrogen-bond acceptors (Lipinski definition) is 4. The molecule has 1 aliphatic rings. The minimum absolute atomic E-state index is 0.295. The molecule has 0 N–H and O–H groups in total. The number of rotatable bonds is 10. The van der Waals surface area contributed by atoms with Crippen LogP contribution in [0.5, 0.6) is 23.0 Å². The molecular weight excluding hydrogens is 496 g/mol. The second kappa shape index (κ2) is 12.3. The molecule has 1 aliphatic heterocycles. The Hall–Kier alpha value is -4.96. The zero-order chi connectivity index (χ0) is 27.0. The Balaban J connectivity index is 1.37. The lowest BCUT2D eigenvalue weighted by Gasteiger charge is -2.24. The van der Waals surface area contributed by atoms with Crippen molar-refractivity contribution in [2.75, 3.05) is 0 Å². The molecule has 1 unspecified atom stereocenters. The Kier molecular flexibility index (Phi) is 7.77. The summed E-state index contributed by atoms with van der Waals surface area (Å²) in [5.41, 5.74) is 5.17. The molecule has 0 saturated heterocycles. The van der Waals surface area contributed by atoms with Crippen molar-refractivity contribution in [1.29, 1.82) is 0 Å². The summed E-state index contributed by atoms with van der Waals surface area (Å²) in [5, 5.41) is 0. The van der Waals surface area contributed by atoms with Crippen molar-refractivity contribution >= 4 is 6.08 Å². The third-order valence-corrected chi connectivity index (χ3v) is 6.70. The summed E-state index contributed by atoms with van der Waals surface area (Å²) >= 11 is 0. The van der Waals surface area contributed by atoms with Crippen LogP contribution < -0.4 is 18.9 Å². The Labute approximate surface area is 235 Å². The van der Waals surface area contributed by atoms with Crippen molar-refractivity contribution < 1.29 is 18.9 Å². The molecule has 0 saturated carbocycles. The maximum atomic E-state index is 6.42. The number of para-hydroxylation sites is 1. The van der Waals surface area contributed by atoms with E-state index in [-0.39, 0.29) is 6.10 Å². The monoisotopic (exact) mass is 526 g/mol. The Bertz CT molecular complexity index is 1500. The highest BCUT2D eigenvalue weighted by Crippen LogP contribution is 2.43. The molecular formula is C36H30O4. The van der Waals surface area contributed by atoms with Crippen molar-refractivity contribution in [2.24, 2.45) is 0 Å². The van der Waals surface area contributed by atoms with E-state index in [9.17, 15) is 0 Å². The van der Waals surface area contributed by atoms with Gasteiger partial charge in [-0.25, -0.2) is 0 Å². The van der Waals surface area contributed by atoms with Crippen LogP contribution in [-0.4, -0.2) is 0 Å². The third kappa shape index (κ3) is 6.19. The van der Waals surface area contributed by atoms with Gasteiger partial charge in [-0.1, -0.05) is 115 Å². The maximum absolute atomic E-state index is 6.42. The topological polar surface area (TPSA) is 36.9 Å². The zero-order valence-corrected chi connectivity index (χ0v) is 22.1. The first-order valence-electron chi connectivity index (χ1n) is 13.4. The Morgan fingerprint density at radius 1 is 0.525 bits per heavy atom. The van der Waals surface area contributed by atoms with Crippen LogP contribution in [0.25, 0.3) is 6.08 Å². The van der Waals surface area contributed by atoms with E-state index in [2.05, 4.69) is 12.2 Å². The van der Waals surface area contributed by atoms with E-state index in [1.54, 1.807) is 0 Å². The number of hydrogen-bond donors (Lipinski definition) is 0. The lowest BCUT2D eigenvalue weighted by molar-refractivity contribution is 0.224. The summed E-state index contributed by atoms with van der Waals surface area (Å²) in [6.45, 7) is 1.18. The largest absolute Gasteiger partial charge is 0.485 e. The predicted octanol–water partition coefficient (Wildman–Crippen LogP) is 8.57. The molecule has 4 heteroatoms. The summed E-state index contributed by atoms with van der Waals surface area (Å²) in [6.07, 6.45) is 3.86. The Morgan fingerprint density at radius 2 is 1.00 bits per heavy atom. The average Bonchev–Trinajstić information content (AvgIpc) is 3.03. The van der Waals surface area contributed by atoms with Gasteiger partial charge in [-0.2, -0.15) is 0 Å².